The van der Waals surface area contributed by atoms with Crippen molar-refractivity contribution in [3.8, 4) is 11.3 Å². The molecule has 10 nitrogen and oxygen atoms in total. The highest BCUT2D eigenvalue weighted by molar-refractivity contribution is 6.13. The lowest BCUT2D eigenvalue weighted by Gasteiger charge is -2.09. The standard InChI is InChI=1S/C24H20N2O8/c1-13-10-14(22(28)31-2)4-7-17(13)19-8-5-15(33-19)11-18-21(27)26(24(30)25-18)12-16-6-9-20(34-16)23(29)32-3/h4-11H,12H2,1-3H3,(H,25,30). The minimum Gasteiger partial charge on any atom is -0.465 e. The molecule has 0 aliphatic carbocycles. The Balaban J connectivity index is 1.51. The van der Waals surface area contributed by atoms with Crippen molar-refractivity contribution in [2.45, 2.75) is 13.5 Å². The largest absolute Gasteiger partial charge is 0.465 e. The molecule has 0 saturated carbocycles. The zero-order valence-electron chi connectivity index (χ0n) is 18.5. The molecular weight excluding hydrogens is 444 g/mol. The van der Waals surface area contributed by atoms with Gasteiger partial charge in [0.1, 0.15) is 23.0 Å². The Morgan fingerprint density at radius 3 is 2.47 bits per heavy atom. The van der Waals surface area contributed by atoms with E-state index < -0.39 is 23.9 Å². The Morgan fingerprint density at radius 2 is 1.76 bits per heavy atom. The second kappa shape index (κ2) is 9.10. The lowest BCUT2D eigenvalue weighted by molar-refractivity contribution is -0.123. The first kappa shape index (κ1) is 22.6. The normalized spacial score (nSPS) is 14.4. The van der Waals surface area contributed by atoms with Crippen LogP contribution in [-0.4, -0.2) is 43.0 Å². The van der Waals surface area contributed by atoms with Crippen molar-refractivity contribution >= 4 is 30.0 Å². The molecule has 10 heteroatoms. The summed E-state index contributed by atoms with van der Waals surface area (Å²) in [5.74, 6) is -0.570. The van der Waals surface area contributed by atoms with Crippen LogP contribution in [0.25, 0.3) is 17.4 Å². The Bertz CT molecular complexity index is 1330. The highest BCUT2D eigenvalue weighted by atomic mass is 16.5. The fourth-order valence-electron chi connectivity index (χ4n) is 3.45. The summed E-state index contributed by atoms with van der Waals surface area (Å²) in [5, 5.41) is 2.50. The van der Waals surface area contributed by atoms with E-state index in [1.165, 1.54) is 32.4 Å². The van der Waals surface area contributed by atoms with Crippen LogP contribution in [0.4, 0.5) is 4.79 Å². The van der Waals surface area contributed by atoms with E-state index in [9.17, 15) is 19.2 Å². The van der Waals surface area contributed by atoms with Gasteiger partial charge in [-0.3, -0.25) is 9.69 Å². The number of carbonyl (C=O) groups excluding carboxylic acids is 4. The first-order valence-electron chi connectivity index (χ1n) is 10.1. The second-order valence-electron chi connectivity index (χ2n) is 7.36. The molecule has 1 N–H and O–H groups in total. The third-order valence-electron chi connectivity index (χ3n) is 5.15. The number of urea groups is 1. The maximum Gasteiger partial charge on any atom is 0.373 e. The number of imide groups is 1. The van der Waals surface area contributed by atoms with Crippen LogP contribution in [0.15, 0.2) is 57.0 Å². The summed E-state index contributed by atoms with van der Waals surface area (Å²) in [6.45, 7) is 1.68. The lowest BCUT2D eigenvalue weighted by Crippen LogP contribution is -2.30. The molecule has 4 rings (SSSR count). The molecular formula is C24H20N2O8. The summed E-state index contributed by atoms with van der Waals surface area (Å²) in [7, 11) is 2.54. The predicted octanol–water partition coefficient (Wildman–Crippen LogP) is 3.51. The fourth-order valence-corrected chi connectivity index (χ4v) is 3.45. The van der Waals surface area contributed by atoms with Crippen LogP contribution in [-0.2, 0) is 20.8 Å². The molecule has 2 aromatic heterocycles. The second-order valence-corrected chi connectivity index (χ2v) is 7.36. The van der Waals surface area contributed by atoms with Crippen molar-refractivity contribution in [1.29, 1.82) is 0 Å². The minimum atomic E-state index is -0.659. The van der Waals surface area contributed by atoms with Gasteiger partial charge in [-0.25, -0.2) is 14.4 Å². The molecule has 3 aromatic rings. The monoisotopic (exact) mass is 464 g/mol. The average molecular weight is 464 g/mol. The van der Waals surface area contributed by atoms with Gasteiger partial charge in [0.15, 0.2) is 0 Å². The first-order valence-corrected chi connectivity index (χ1v) is 10.1. The van der Waals surface area contributed by atoms with Gasteiger partial charge < -0.3 is 23.6 Å². The number of esters is 2. The molecule has 1 fully saturated rings. The number of hydrogen-bond donors (Lipinski definition) is 1. The van der Waals surface area contributed by atoms with Crippen LogP contribution in [0, 0.1) is 6.92 Å². The van der Waals surface area contributed by atoms with Crippen LogP contribution in [0.1, 0.15) is 38.0 Å². The van der Waals surface area contributed by atoms with E-state index in [0.717, 1.165) is 16.0 Å². The molecule has 1 aliphatic rings. The molecule has 0 atom stereocenters. The van der Waals surface area contributed by atoms with Gasteiger partial charge in [-0.2, -0.15) is 0 Å². The van der Waals surface area contributed by atoms with Gasteiger partial charge in [0, 0.05) is 11.6 Å². The summed E-state index contributed by atoms with van der Waals surface area (Å²) in [4.78, 5) is 49.2. The van der Waals surface area contributed by atoms with Gasteiger partial charge >= 0.3 is 18.0 Å². The number of aryl methyl sites for hydroxylation is 1. The Kier molecular flexibility index (Phi) is 6.05. The van der Waals surface area contributed by atoms with Crippen molar-refractivity contribution < 1.29 is 37.5 Å². The summed E-state index contributed by atoms with van der Waals surface area (Å²) < 4.78 is 20.5. The average Bonchev–Trinajstić information content (AvgIpc) is 3.55. The Labute approximate surface area is 193 Å². The van der Waals surface area contributed by atoms with Crippen LogP contribution in [0.2, 0.25) is 0 Å². The van der Waals surface area contributed by atoms with Crippen LogP contribution >= 0.6 is 0 Å². The number of carbonyl (C=O) groups is 4. The minimum absolute atomic E-state index is 0.0293. The van der Waals surface area contributed by atoms with Crippen molar-refractivity contribution in [2.75, 3.05) is 14.2 Å². The summed E-state index contributed by atoms with van der Waals surface area (Å²) in [5.41, 5.74) is 2.02. The zero-order chi connectivity index (χ0) is 24.4. The number of nitrogens with one attached hydrogen (secondary N) is 1. The van der Waals surface area contributed by atoms with Crippen LogP contribution < -0.4 is 5.32 Å². The number of ether oxygens (including phenoxy) is 2. The van der Waals surface area contributed by atoms with Crippen molar-refractivity contribution in [2.24, 2.45) is 0 Å². The summed E-state index contributed by atoms with van der Waals surface area (Å²) in [6.07, 6.45) is 1.42. The predicted molar refractivity (Wildman–Crippen MR) is 117 cm³/mol. The summed E-state index contributed by atoms with van der Waals surface area (Å²) >= 11 is 0. The first-order chi connectivity index (χ1) is 16.3. The maximum absolute atomic E-state index is 12.7. The van der Waals surface area contributed by atoms with E-state index >= 15 is 0 Å². The van der Waals surface area contributed by atoms with Crippen LogP contribution in [0.3, 0.4) is 0 Å². The third kappa shape index (κ3) is 4.33. The van der Waals surface area contributed by atoms with Crippen molar-refractivity contribution in [3.63, 3.8) is 0 Å². The lowest BCUT2D eigenvalue weighted by atomic mass is 10.0. The van der Waals surface area contributed by atoms with Gasteiger partial charge in [0.2, 0.25) is 5.76 Å². The molecule has 34 heavy (non-hydrogen) atoms. The molecule has 0 spiro atoms. The van der Waals surface area contributed by atoms with Gasteiger partial charge in [-0.05, 0) is 48.9 Å². The highest BCUT2D eigenvalue weighted by Gasteiger charge is 2.34. The molecule has 0 bridgehead atoms. The Hall–Kier alpha value is -4.60. The van der Waals surface area contributed by atoms with E-state index in [4.69, 9.17) is 13.6 Å². The molecule has 1 saturated heterocycles. The van der Waals surface area contributed by atoms with E-state index in [0.29, 0.717) is 17.1 Å². The topological polar surface area (TPSA) is 128 Å². The quantitative estimate of drug-likeness (QED) is 0.333. The number of rotatable bonds is 6. The van der Waals surface area contributed by atoms with Crippen molar-refractivity contribution in [3.05, 3.63) is 76.6 Å². The van der Waals surface area contributed by atoms with Gasteiger partial charge in [0.05, 0.1) is 26.3 Å². The SMILES string of the molecule is COC(=O)c1ccc(-c2ccc(C=C3NC(=O)N(Cc4ccc(C(=O)OC)o4)C3=O)o2)c(C)c1. The molecule has 0 unspecified atom stereocenters. The number of furan rings is 2. The van der Waals surface area contributed by atoms with Gasteiger partial charge in [-0.1, -0.05) is 6.07 Å². The zero-order valence-corrected chi connectivity index (χ0v) is 18.5. The number of methoxy groups -OCH3 is 2. The number of benzene rings is 1. The van der Waals surface area contributed by atoms with E-state index in [-0.39, 0.29) is 23.8 Å². The van der Waals surface area contributed by atoms with Crippen molar-refractivity contribution in [1.82, 2.24) is 10.2 Å². The molecule has 3 heterocycles. The van der Waals surface area contributed by atoms with E-state index in [1.54, 1.807) is 30.3 Å². The fraction of sp³-hybridized carbons (Fsp3) is 0.167. The number of nitrogens with zero attached hydrogens (tertiary/aromatic N) is 1. The molecule has 174 valence electrons. The Morgan fingerprint density at radius 1 is 1.00 bits per heavy atom. The van der Waals surface area contributed by atoms with Gasteiger partial charge in [-0.15, -0.1) is 0 Å². The molecule has 3 amide bonds. The van der Waals surface area contributed by atoms with Gasteiger partial charge in [0.25, 0.3) is 5.91 Å². The molecule has 1 aromatic carbocycles. The smallest absolute Gasteiger partial charge is 0.373 e. The third-order valence-corrected chi connectivity index (χ3v) is 5.15. The number of hydrogen-bond acceptors (Lipinski definition) is 8. The highest BCUT2D eigenvalue weighted by Crippen LogP contribution is 2.28. The molecule has 0 radical (unpaired) electrons. The van der Waals surface area contributed by atoms with E-state index in [1.807, 2.05) is 6.92 Å². The maximum atomic E-state index is 12.7. The number of amides is 3. The van der Waals surface area contributed by atoms with Crippen LogP contribution in [0.5, 0.6) is 0 Å². The molecule has 1 aliphatic heterocycles. The van der Waals surface area contributed by atoms with E-state index in [2.05, 4.69) is 10.1 Å². The summed E-state index contributed by atoms with van der Waals surface area (Å²) in [6, 6.07) is 10.7.